The Morgan fingerprint density at radius 2 is 2.04 bits per heavy atom. The van der Waals surface area contributed by atoms with E-state index >= 15 is 0 Å². The fraction of sp³-hybridized carbons (Fsp3) is 0.294. The molecule has 1 aromatic carbocycles. The Bertz CT molecular complexity index is 827. The normalized spacial score (nSPS) is 11.9. The number of aromatic nitrogens is 5. The molecule has 8 nitrogen and oxygen atoms in total. The topological polar surface area (TPSA) is 86.9 Å². The molecule has 0 radical (unpaired) electrons. The molecule has 1 unspecified atom stereocenters. The van der Waals surface area contributed by atoms with Gasteiger partial charge in [-0.15, -0.1) is 5.10 Å². The number of para-hydroxylation sites is 1. The van der Waals surface area contributed by atoms with Crippen LogP contribution < -0.4 is 10.1 Å². The first-order chi connectivity index (χ1) is 12.1. The van der Waals surface area contributed by atoms with Crippen LogP contribution in [0.2, 0.25) is 0 Å². The molecular weight excluding hydrogens is 320 g/mol. The Kier molecular flexibility index (Phi) is 5.08. The quantitative estimate of drug-likeness (QED) is 0.704. The third-order valence-corrected chi connectivity index (χ3v) is 3.68. The number of carbonyl (C=O) groups excluding carboxylic acids is 1. The van der Waals surface area contributed by atoms with Gasteiger partial charge in [0.2, 0.25) is 5.91 Å². The molecule has 0 saturated carbocycles. The van der Waals surface area contributed by atoms with Crippen molar-refractivity contribution in [3.05, 3.63) is 60.2 Å². The molecule has 25 heavy (non-hydrogen) atoms. The second-order valence-electron chi connectivity index (χ2n) is 5.67. The minimum atomic E-state index is -0.471. The predicted octanol–water partition coefficient (Wildman–Crippen LogP) is 1.47. The maximum Gasteiger partial charge on any atom is 0.244 e. The zero-order valence-corrected chi connectivity index (χ0v) is 14.2. The molecule has 0 aliphatic carbocycles. The second-order valence-corrected chi connectivity index (χ2v) is 5.67. The number of rotatable bonds is 7. The molecule has 0 spiro atoms. The minimum absolute atomic E-state index is 0.147. The van der Waals surface area contributed by atoms with Gasteiger partial charge in [0.25, 0.3) is 0 Å². The molecule has 0 bridgehead atoms. The van der Waals surface area contributed by atoms with Gasteiger partial charge < -0.3 is 10.1 Å². The van der Waals surface area contributed by atoms with Crippen LogP contribution in [0.4, 0.5) is 0 Å². The number of hydrogen-bond donors (Lipinski definition) is 1. The largest absolute Gasteiger partial charge is 0.487 e. The van der Waals surface area contributed by atoms with Gasteiger partial charge in [0.1, 0.15) is 24.1 Å². The van der Waals surface area contributed by atoms with Crippen molar-refractivity contribution >= 4 is 5.91 Å². The predicted molar refractivity (Wildman–Crippen MR) is 90.6 cm³/mol. The van der Waals surface area contributed by atoms with Crippen LogP contribution in [-0.2, 0) is 25.0 Å². The number of ether oxygens (including phenoxy) is 1. The molecule has 1 atom stereocenters. The Hall–Kier alpha value is -3.16. The van der Waals surface area contributed by atoms with E-state index in [-0.39, 0.29) is 5.91 Å². The lowest BCUT2D eigenvalue weighted by atomic mass is 10.3. The van der Waals surface area contributed by atoms with Crippen molar-refractivity contribution in [1.29, 1.82) is 0 Å². The summed E-state index contributed by atoms with van der Waals surface area (Å²) in [6.07, 6.45) is 3.55. The molecule has 2 aromatic heterocycles. The molecular formula is C17H20N6O2. The fourth-order valence-corrected chi connectivity index (χ4v) is 2.25. The fourth-order valence-electron chi connectivity index (χ4n) is 2.25. The summed E-state index contributed by atoms with van der Waals surface area (Å²) in [5.41, 5.74) is 1.46. The molecule has 3 rings (SSSR count). The molecule has 130 valence electrons. The first-order valence-corrected chi connectivity index (χ1v) is 7.96. The summed E-state index contributed by atoms with van der Waals surface area (Å²) >= 11 is 0. The van der Waals surface area contributed by atoms with E-state index in [0.29, 0.717) is 18.8 Å². The second kappa shape index (κ2) is 7.61. The van der Waals surface area contributed by atoms with E-state index in [9.17, 15) is 4.79 Å². The van der Waals surface area contributed by atoms with Crippen molar-refractivity contribution in [3.63, 3.8) is 0 Å². The van der Waals surface area contributed by atoms with Crippen LogP contribution in [0.15, 0.2) is 48.8 Å². The van der Waals surface area contributed by atoms with E-state index in [1.165, 1.54) is 4.68 Å². The highest BCUT2D eigenvalue weighted by Gasteiger charge is 2.17. The standard InChI is InChI=1S/C17H20N6O2/c1-13(17(24)18-10-14-8-9-22(2)20-14)23-11-15(19-21-23)12-25-16-6-4-3-5-7-16/h3-9,11,13H,10,12H2,1-2H3,(H,18,24). The van der Waals surface area contributed by atoms with Crippen molar-refractivity contribution in [2.24, 2.45) is 7.05 Å². The van der Waals surface area contributed by atoms with E-state index in [1.807, 2.05) is 49.6 Å². The third kappa shape index (κ3) is 4.43. The van der Waals surface area contributed by atoms with Gasteiger partial charge in [-0.1, -0.05) is 23.4 Å². The van der Waals surface area contributed by atoms with E-state index in [4.69, 9.17) is 4.74 Å². The number of aryl methyl sites for hydroxylation is 1. The van der Waals surface area contributed by atoms with Gasteiger partial charge in [-0.05, 0) is 25.1 Å². The molecule has 1 amide bonds. The van der Waals surface area contributed by atoms with Crippen molar-refractivity contribution in [1.82, 2.24) is 30.1 Å². The van der Waals surface area contributed by atoms with Gasteiger partial charge in [-0.25, -0.2) is 4.68 Å². The summed E-state index contributed by atoms with van der Waals surface area (Å²) in [5.74, 6) is 0.615. The Morgan fingerprint density at radius 3 is 2.76 bits per heavy atom. The highest BCUT2D eigenvalue weighted by molar-refractivity contribution is 5.79. The SMILES string of the molecule is CC(C(=O)NCc1ccn(C)n1)n1cc(COc2ccccc2)nn1. The van der Waals surface area contributed by atoms with Gasteiger partial charge in [-0.3, -0.25) is 9.48 Å². The lowest BCUT2D eigenvalue weighted by Crippen LogP contribution is -2.31. The molecule has 1 N–H and O–H groups in total. The van der Waals surface area contributed by atoms with Gasteiger partial charge >= 0.3 is 0 Å². The summed E-state index contributed by atoms with van der Waals surface area (Å²) < 4.78 is 8.85. The van der Waals surface area contributed by atoms with Crippen molar-refractivity contribution in [2.75, 3.05) is 0 Å². The van der Waals surface area contributed by atoms with Crippen LogP contribution in [-0.4, -0.2) is 30.7 Å². The van der Waals surface area contributed by atoms with E-state index in [1.54, 1.807) is 17.8 Å². The number of amides is 1. The van der Waals surface area contributed by atoms with Gasteiger partial charge in [0, 0.05) is 13.2 Å². The number of nitrogens with one attached hydrogen (secondary N) is 1. The number of carbonyl (C=O) groups is 1. The van der Waals surface area contributed by atoms with Crippen LogP contribution in [0.1, 0.15) is 24.4 Å². The average molecular weight is 340 g/mol. The Morgan fingerprint density at radius 1 is 1.24 bits per heavy atom. The monoisotopic (exact) mass is 340 g/mol. The number of benzene rings is 1. The maximum atomic E-state index is 12.2. The van der Waals surface area contributed by atoms with Crippen LogP contribution in [0.5, 0.6) is 5.75 Å². The van der Waals surface area contributed by atoms with Gasteiger partial charge in [0.15, 0.2) is 0 Å². The van der Waals surface area contributed by atoms with Gasteiger partial charge in [0.05, 0.1) is 18.4 Å². The first-order valence-electron chi connectivity index (χ1n) is 7.96. The van der Waals surface area contributed by atoms with E-state index < -0.39 is 6.04 Å². The lowest BCUT2D eigenvalue weighted by molar-refractivity contribution is -0.124. The molecule has 0 saturated heterocycles. The average Bonchev–Trinajstić information content (AvgIpc) is 3.27. The summed E-state index contributed by atoms with van der Waals surface area (Å²) in [4.78, 5) is 12.2. The van der Waals surface area contributed by atoms with Gasteiger partial charge in [-0.2, -0.15) is 5.10 Å². The summed E-state index contributed by atoms with van der Waals surface area (Å²) in [7, 11) is 1.84. The zero-order chi connectivity index (χ0) is 17.6. The van der Waals surface area contributed by atoms with E-state index in [0.717, 1.165) is 11.4 Å². The molecule has 0 aliphatic rings. The molecule has 3 aromatic rings. The van der Waals surface area contributed by atoms with Crippen molar-refractivity contribution in [2.45, 2.75) is 26.1 Å². The molecule has 0 aliphatic heterocycles. The third-order valence-electron chi connectivity index (χ3n) is 3.68. The minimum Gasteiger partial charge on any atom is -0.487 e. The summed E-state index contributed by atoms with van der Waals surface area (Å²) in [5, 5.41) is 15.1. The number of hydrogen-bond acceptors (Lipinski definition) is 5. The number of nitrogens with zero attached hydrogens (tertiary/aromatic N) is 5. The summed E-state index contributed by atoms with van der Waals surface area (Å²) in [6, 6.07) is 10.9. The maximum absolute atomic E-state index is 12.2. The van der Waals surface area contributed by atoms with Crippen LogP contribution in [0, 0.1) is 0 Å². The highest BCUT2D eigenvalue weighted by Crippen LogP contribution is 2.11. The molecule has 8 heteroatoms. The van der Waals surface area contributed by atoms with Crippen LogP contribution in [0.25, 0.3) is 0 Å². The summed E-state index contributed by atoms with van der Waals surface area (Å²) in [6.45, 7) is 2.44. The highest BCUT2D eigenvalue weighted by atomic mass is 16.5. The Labute approximate surface area is 145 Å². The van der Waals surface area contributed by atoms with Crippen LogP contribution in [0.3, 0.4) is 0 Å². The van der Waals surface area contributed by atoms with E-state index in [2.05, 4.69) is 20.7 Å². The van der Waals surface area contributed by atoms with Crippen molar-refractivity contribution < 1.29 is 9.53 Å². The van der Waals surface area contributed by atoms with Crippen LogP contribution >= 0.6 is 0 Å². The zero-order valence-electron chi connectivity index (χ0n) is 14.2. The lowest BCUT2D eigenvalue weighted by Gasteiger charge is -2.11. The molecule has 2 heterocycles. The smallest absolute Gasteiger partial charge is 0.244 e. The Balaban J connectivity index is 1.52. The molecule has 0 fully saturated rings. The van der Waals surface area contributed by atoms with Crippen molar-refractivity contribution in [3.8, 4) is 5.75 Å². The first kappa shape index (κ1) is 16.7.